The molecule has 46 valence electrons. The molecule has 0 aromatic rings. The average molecular weight is 116 g/mol. The van der Waals surface area contributed by atoms with Crippen LogP contribution in [0.1, 0.15) is 6.92 Å². The van der Waals surface area contributed by atoms with Crippen LogP contribution in [0.25, 0.3) is 0 Å². The van der Waals surface area contributed by atoms with Gasteiger partial charge in [-0.2, -0.15) is 0 Å². The van der Waals surface area contributed by atoms with E-state index < -0.39 is 6.09 Å². The molecule has 0 aromatic heterocycles. The van der Waals surface area contributed by atoms with E-state index in [2.05, 4.69) is 4.74 Å². The van der Waals surface area contributed by atoms with Crippen molar-refractivity contribution in [1.82, 2.24) is 5.01 Å². The summed E-state index contributed by atoms with van der Waals surface area (Å²) in [4.78, 5) is 10.4. The van der Waals surface area contributed by atoms with Crippen molar-refractivity contribution in [2.75, 3.05) is 6.54 Å². The minimum absolute atomic E-state index is 0.0486. The fourth-order valence-electron chi connectivity index (χ4n) is 0.629. The van der Waals surface area contributed by atoms with Crippen LogP contribution in [0.3, 0.4) is 0 Å². The van der Waals surface area contributed by atoms with Crippen molar-refractivity contribution in [2.24, 2.45) is 5.84 Å². The molecule has 0 bridgehead atoms. The van der Waals surface area contributed by atoms with Crippen LogP contribution in [-0.2, 0) is 4.74 Å². The molecule has 0 radical (unpaired) electrons. The maximum atomic E-state index is 10.4. The summed E-state index contributed by atoms with van der Waals surface area (Å²) in [5, 5.41) is 1.06. The summed E-state index contributed by atoms with van der Waals surface area (Å²) in [5.41, 5.74) is 0. The van der Waals surface area contributed by atoms with Crippen LogP contribution in [0.15, 0.2) is 0 Å². The van der Waals surface area contributed by atoms with Gasteiger partial charge in [0, 0.05) is 0 Å². The van der Waals surface area contributed by atoms with Gasteiger partial charge in [-0.3, -0.25) is 0 Å². The topological polar surface area (TPSA) is 55.6 Å². The molecule has 4 nitrogen and oxygen atoms in total. The van der Waals surface area contributed by atoms with E-state index in [1.54, 1.807) is 6.92 Å². The zero-order valence-corrected chi connectivity index (χ0v) is 4.63. The fraction of sp³-hybridized carbons (Fsp3) is 0.750. The Morgan fingerprint density at radius 3 is 2.75 bits per heavy atom. The zero-order valence-electron chi connectivity index (χ0n) is 4.63. The maximum absolute atomic E-state index is 10.4. The highest BCUT2D eigenvalue weighted by Gasteiger charge is 2.24. The summed E-state index contributed by atoms with van der Waals surface area (Å²) in [6, 6.07) is 0. The second-order valence-electron chi connectivity index (χ2n) is 1.85. The van der Waals surface area contributed by atoms with Crippen molar-refractivity contribution in [3.05, 3.63) is 0 Å². The van der Waals surface area contributed by atoms with Gasteiger partial charge in [0.2, 0.25) is 0 Å². The van der Waals surface area contributed by atoms with Gasteiger partial charge in [0.05, 0.1) is 6.54 Å². The van der Waals surface area contributed by atoms with E-state index in [1.165, 1.54) is 0 Å². The third-order valence-electron chi connectivity index (χ3n) is 0.990. The number of carbonyl (C=O) groups is 1. The van der Waals surface area contributed by atoms with Crippen molar-refractivity contribution in [2.45, 2.75) is 13.0 Å². The molecule has 2 N–H and O–H groups in total. The maximum Gasteiger partial charge on any atom is 0.424 e. The molecule has 1 heterocycles. The van der Waals surface area contributed by atoms with E-state index >= 15 is 0 Å². The molecule has 1 fully saturated rings. The molecule has 1 atom stereocenters. The average Bonchev–Trinajstić information content (AvgIpc) is 1.85. The van der Waals surface area contributed by atoms with Crippen LogP contribution in [0.4, 0.5) is 4.79 Å². The van der Waals surface area contributed by atoms with Gasteiger partial charge in [-0.05, 0) is 6.92 Å². The van der Waals surface area contributed by atoms with E-state index in [4.69, 9.17) is 5.84 Å². The Kier molecular flexibility index (Phi) is 1.09. The van der Waals surface area contributed by atoms with E-state index in [9.17, 15) is 4.79 Å². The minimum atomic E-state index is -0.433. The van der Waals surface area contributed by atoms with Crippen molar-refractivity contribution in [1.29, 1.82) is 0 Å². The summed E-state index contributed by atoms with van der Waals surface area (Å²) >= 11 is 0. The standard InChI is InChI=1S/C4H8N2O2/c1-3-2-6(5)4(7)8-3/h3H,2,5H2,1H3/t3-/m0/s1. The highest BCUT2D eigenvalue weighted by molar-refractivity contribution is 5.68. The van der Waals surface area contributed by atoms with E-state index in [0.717, 1.165) is 5.01 Å². The number of hydrogen-bond acceptors (Lipinski definition) is 3. The monoisotopic (exact) mass is 116 g/mol. The first-order valence-electron chi connectivity index (χ1n) is 2.43. The summed E-state index contributed by atoms with van der Waals surface area (Å²) in [6.45, 7) is 2.30. The first-order valence-corrected chi connectivity index (χ1v) is 2.43. The Morgan fingerprint density at radius 2 is 2.62 bits per heavy atom. The van der Waals surface area contributed by atoms with Crippen LogP contribution >= 0.6 is 0 Å². The number of cyclic esters (lactones) is 1. The van der Waals surface area contributed by atoms with Crippen LogP contribution < -0.4 is 5.84 Å². The van der Waals surface area contributed by atoms with Crippen molar-refractivity contribution in [3.8, 4) is 0 Å². The number of carbonyl (C=O) groups excluding carboxylic acids is 1. The number of rotatable bonds is 0. The lowest BCUT2D eigenvalue weighted by Crippen LogP contribution is -2.31. The van der Waals surface area contributed by atoms with Gasteiger partial charge in [-0.25, -0.2) is 15.6 Å². The largest absolute Gasteiger partial charge is 0.444 e. The highest BCUT2D eigenvalue weighted by Crippen LogP contribution is 2.04. The predicted octanol–water partition coefficient (Wildman–Crippen LogP) is -0.299. The first kappa shape index (κ1) is 5.37. The summed E-state index contributed by atoms with van der Waals surface area (Å²) in [5.74, 6) is 5.13. The minimum Gasteiger partial charge on any atom is -0.444 e. The molecule has 1 rings (SSSR count). The Labute approximate surface area is 47.2 Å². The van der Waals surface area contributed by atoms with Crippen LogP contribution in [0.5, 0.6) is 0 Å². The quantitative estimate of drug-likeness (QED) is 0.349. The van der Waals surface area contributed by atoms with Gasteiger partial charge in [0.1, 0.15) is 6.10 Å². The molecule has 0 aromatic carbocycles. The molecule has 1 aliphatic rings. The lowest BCUT2D eigenvalue weighted by atomic mass is 10.4. The van der Waals surface area contributed by atoms with Gasteiger partial charge < -0.3 is 4.74 Å². The SMILES string of the molecule is C[C@H]1CN(N)C(=O)O1. The van der Waals surface area contributed by atoms with Gasteiger partial charge in [0.15, 0.2) is 0 Å². The van der Waals surface area contributed by atoms with Gasteiger partial charge >= 0.3 is 6.09 Å². The third-order valence-corrected chi connectivity index (χ3v) is 0.990. The number of hydrogen-bond donors (Lipinski definition) is 1. The molecule has 0 unspecified atom stereocenters. The molecule has 8 heavy (non-hydrogen) atoms. The fourth-order valence-corrected chi connectivity index (χ4v) is 0.629. The number of nitrogens with two attached hydrogens (primary N) is 1. The molecule has 4 heteroatoms. The van der Waals surface area contributed by atoms with Crippen molar-refractivity contribution in [3.63, 3.8) is 0 Å². The summed E-state index contributed by atoms with van der Waals surface area (Å²) < 4.78 is 4.64. The number of hydrazine groups is 1. The van der Waals surface area contributed by atoms with E-state index in [-0.39, 0.29) is 6.10 Å². The Balaban J connectivity index is 2.51. The van der Waals surface area contributed by atoms with Crippen LogP contribution in [0, 0.1) is 0 Å². The zero-order chi connectivity index (χ0) is 6.15. The van der Waals surface area contributed by atoms with Crippen molar-refractivity contribution < 1.29 is 9.53 Å². The second kappa shape index (κ2) is 1.63. The van der Waals surface area contributed by atoms with Gasteiger partial charge in [-0.1, -0.05) is 0 Å². The lowest BCUT2D eigenvalue weighted by molar-refractivity contribution is 0.138. The van der Waals surface area contributed by atoms with Crippen LogP contribution in [0.2, 0.25) is 0 Å². The molecule has 1 saturated heterocycles. The summed E-state index contributed by atoms with van der Waals surface area (Å²) in [7, 11) is 0. The normalized spacial score (nSPS) is 28.5. The van der Waals surface area contributed by atoms with Crippen LogP contribution in [-0.4, -0.2) is 23.8 Å². The molecule has 0 saturated carbocycles. The second-order valence-corrected chi connectivity index (χ2v) is 1.85. The molecular weight excluding hydrogens is 108 g/mol. The Morgan fingerprint density at radius 1 is 2.00 bits per heavy atom. The summed E-state index contributed by atoms with van der Waals surface area (Å²) in [6.07, 6.45) is -0.481. The number of ether oxygens (including phenoxy) is 1. The molecule has 0 aliphatic carbocycles. The Bertz CT molecular complexity index is 115. The van der Waals surface area contributed by atoms with E-state index in [1.807, 2.05) is 0 Å². The molecular formula is C4H8N2O2. The predicted molar refractivity (Wildman–Crippen MR) is 26.8 cm³/mol. The van der Waals surface area contributed by atoms with Gasteiger partial charge in [0.25, 0.3) is 0 Å². The smallest absolute Gasteiger partial charge is 0.424 e. The Hall–Kier alpha value is -0.770. The molecule has 1 aliphatic heterocycles. The number of amides is 1. The number of nitrogens with zero attached hydrogens (tertiary/aromatic N) is 1. The third kappa shape index (κ3) is 0.742. The highest BCUT2D eigenvalue weighted by atomic mass is 16.6. The lowest BCUT2D eigenvalue weighted by Gasteiger charge is -1.99. The first-order chi connectivity index (χ1) is 3.70. The van der Waals surface area contributed by atoms with E-state index in [0.29, 0.717) is 6.54 Å². The van der Waals surface area contributed by atoms with Crippen molar-refractivity contribution >= 4 is 6.09 Å². The molecule has 0 spiro atoms. The van der Waals surface area contributed by atoms with Gasteiger partial charge in [-0.15, -0.1) is 0 Å². The molecule has 1 amide bonds.